The number of thioether (sulfide) groups is 1. The molecule has 32 heavy (non-hydrogen) atoms. The average Bonchev–Trinajstić information content (AvgIpc) is 3.04. The standard InChI is InChI=1S/C22H22ClN3O4S2/c1-3-13-26-21(28)19(14-20(27)24-17-9-7-16(23)8-10-17)31-22(26)25-32(29,30)18-11-5-15(4-2)6-12-18/h3,5-12,19H,1,4,13-14H2,2H3,(H,24,27)/b25-22+. The van der Waals surface area contributed by atoms with Crippen LogP contribution >= 0.6 is 23.4 Å². The Morgan fingerprint density at radius 2 is 1.88 bits per heavy atom. The Hall–Kier alpha value is -2.62. The number of sulfonamides is 1. The van der Waals surface area contributed by atoms with Crippen LogP contribution in [0, 0.1) is 0 Å². The van der Waals surface area contributed by atoms with E-state index in [1.165, 1.54) is 23.1 Å². The summed E-state index contributed by atoms with van der Waals surface area (Å²) in [5.74, 6) is -0.771. The fraction of sp³-hybridized carbons (Fsp3) is 0.227. The quantitative estimate of drug-likeness (QED) is 0.561. The van der Waals surface area contributed by atoms with Gasteiger partial charge in [-0.15, -0.1) is 11.0 Å². The normalized spacial score (nSPS) is 17.6. The van der Waals surface area contributed by atoms with Gasteiger partial charge < -0.3 is 5.32 Å². The molecular weight excluding hydrogens is 470 g/mol. The maximum absolute atomic E-state index is 12.8. The van der Waals surface area contributed by atoms with Gasteiger partial charge in [-0.25, -0.2) is 0 Å². The molecule has 1 heterocycles. The number of hydrogen-bond donors (Lipinski definition) is 1. The number of nitrogens with zero attached hydrogens (tertiary/aromatic N) is 2. The van der Waals surface area contributed by atoms with E-state index in [0.717, 1.165) is 23.7 Å². The maximum Gasteiger partial charge on any atom is 0.284 e. The van der Waals surface area contributed by atoms with E-state index in [0.29, 0.717) is 10.7 Å². The van der Waals surface area contributed by atoms with Crippen molar-refractivity contribution in [2.75, 3.05) is 11.9 Å². The topological polar surface area (TPSA) is 95.9 Å². The number of halogens is 1. The summed E-state index contributed by atoms with van der Waals surface area (Å²) >= 11 is 6.80. The molecule has 1 aliphatic heterocycles. The van der Waals surface area contributed by atoms with Crippen molar-refractivity contribution < 1.29 is 18.0 Å². The Morgan fingerprint density at radius 1 is 1.22 bits per heavy atom. The lowest BCUT2D eigenvalue weighted by Gasteiger charge is -2.13. The second kappa shape index (κ2) is 10.3. The van der Waals surface area contributed by atoms with Gasteiger partial charge in [-0.2, -0.15) is 8.42 Å². The molecule has 0 aromatic heterocycles. The van der Waals surface area contributed by atoms with Crippen molar-refractivity contribution >= 4 is 56.1 Å². The summed E-state index contributed by atoms with van der Waals surface area (Å²) < 4.78 is 29.5. The molecule has 1 saturated heterocycles. The van der Waals surface area contributed by atoms with Crippen LogP contribution in [0.15, 0.2) is 70.5 Å². The molecule has 0 bridgehead atoms. The van der Waals surface area contributed by atoms with Gasteiger partial charge in [0.05, 0.1) is 4.90 Å². The van der Waals surface area contributed by atoms with E-state index >= 15 is 0 Å². The summed E-state index contributed by atoms with van der Waals surface area (Å²) in [6.45, 7) is 5.68. The van der Waals surface area contributed by atoms with Crippen LogP contribution in [0.1, 0.15) is 18.9 Å². The number of amidine groups is 1. The molecule has 1 N–H and O–H groups in total. The minimum Gasteiger partial charge on any atom is -0.326 e. The van der Waals surface area contributed by atoms with Crippen LogP contribution in [-0.4, -0.2) is 42.1 Å². The number of aryl methyl sites for hydroxylation is 1. The number of nitrogens with one attached hydrogen (secondary N) is 1. The van der Waals surface area contributed by atoms with Gasteiger partial charge in [0.2, 0.25) is 11.8 Å². The lowest BCUT2D eigenvalue weighted by atomic mass is 10.2. The van der Waals surface area contributed by atoms with Gasteiger partial charge in [-0.1, -0.05) is 48.5 Å². The fourth-order valence-electron chi connectivity index (χ4n) is 2.97. The molecule has 7 nitrogen and oxygen atoms in total. The minimum absolute atomic E-state index is 0.0266. The number of rotatable bonds is 8. The van der Waals surface area contributed by atoms with Crippen LogP contribution in [0.4, 0.5) is 5.69 Å². The van der Waals surface area contributed by atoms with Crippen LogP contribution in [0.25, 0.3) is 0 Å². The van der Waals surface area contributed by atoms with E-state index in [4.69, 9.17) is 11.6 Å². The number of benzene rings is 2. The van der Waals surface area contributed by atoms with E-state index < -0.39 is 21.2 Å². The molecule has 2 aromatic carbocycles. The number of hydrogen-bond acceptors (Lipinski definition) is 5. The second-order valence-electron chi connectivity index (χ2n) is 6.95. The predicted molar refractivity (Wildman–Crippen MR) is 128 cm³/mol. The van der Waals surface area contributed by atoms with Gasteiger partial charge in [0.25, 0.3) is 10.0 Å². The van der Waals surface area contributed by atoms with Gasteiger partial charge in [-0.05, 0) is 48.4 Å². The molecule has 10 heteroatoms. The highest BCUT2D eigenvalue weighted by Crippen LogP contribution is 2.31. The van der Waals surface area contributed by atoms with E-state index in [-0.39, 0.29) is 28.9 Å². The Balaban J connectivity index is 1.78. The van der Waals surface area contributed by atoms with Crippen LogP contribution in [0.2, 0.25) is 5.02 Å². The molecule has 2 amide bonds. The molecule has 168 valence electrons. The lowest BCUT2D eigenvalue weighted by Crippen LogP contribution is -2.33. The van der Waals surface area contributed by atoms with Gasteiger partial charge in [0.15, 0.2) is 5.17 Å². The molecule has 3 rings (SSSR count). The van der Waals surface area contributed by atoms with Crippen molar-refractivity contribution in [1.82, 2.24) is 4.90 Å². The summed E-state index contributed by atoms with van der Waals surface area (Å²) in [7, 11) is -4.02. The SMILES string of the molecule is C=CCN1C(=O)C(CC(=O)Nc2ccc(Cl)cc2)S/C1=N/S(=O)(=O)c1ccc(CC)cc1. The summed E-state index contributed by atoms with van der Waals surface area (Å²) in [5, 5.41) is 2.47. The largest absolute Gasteiger partial charge is 0.326 e. The molecule has 1 unspecified atom stereocenters. The summed E-state index contributed by atoms with van der Waals surface area (Å²) in [6, 6.07) is 13.0. The molecule has 1 aliphatic rings. The first-order valence-corrected chi connectivity index (χ1v) is 12.5. The Kier molecular flexibility index (Phi) is 7.76. The number of carbonyl (C=O) groups excluding carboxylic acids is 2. The molecule has 0 aliphatic carbocycles. The van der Waals surface area contributed by atoms with E-state index in [1.54, 1.807) is 36.4 Å². The molecule has 0 saturated carbocycles. The fourth-order valence-corrected chi connectivity index (χ4v) is 5.46. The number of amides is 2. The first-order chi connectivity index (χ1) is 15.2. The third-order valence-corrected chi connectivity index (χ3v) is 7.48. The Morgan fingerprint density at radius 3 is 2.47 bits per heavy atom. The first-order valence-electron chi connectivity index (χ1n) is 9.81. The van der Waals surface area contributed by atoms with E-state index in [9.17, 15) is 18.0 Å². The van der Waals surface area contributed by atoms with E-state index in [1.807, 2.05) is 6.92 Å². The zero-order valence-corrected chi connectivity index (χ0v) is 19.7. The molecule has 1 fully saturated rings. The van der Waals surface area contributed by atoms with Crippen molar-refractivity contribution in [3.8, 4) is 0 Å². The first kappa shape index (κ1) is 24.0. The van der Waals surface area contributed by atoms with Crippen molar-refractivity contribution in [2.24, 2.45) is 4.40 Å². The van der Waals surface area contributed by atoms with Crippen LogP contribution in [-0.2, 0) is 26.0 Å². The Bertz CT molecular complexity index is 1150. The van der Waals surface area contributed by atoms with Gasteiger partial charge >= 0.3 is 0 Å². The van der Waals surface area contributed by atoms with Gasteiger partial charge in [0, 0.05) is 23.7 Å². The zero-order valence-electron chi connectivity index (χ0n) is 17.3. The lowest BCUT2D eigenvalue weighted by molar-refractivity contribution is -0.127. The highest BCUT2D eigenvalue weighted by molar-refractivity contribution is 8.16. The third kappa shape index (κ3) is 5.79. The van der Waals surface area contributed by atoms with Crippen molar-refractivity contribution in [3.63, 3.8) is 0 Å². The highest BCUT2D eigenvalue weighted by Gasteiger charge is 2.39. The molecule has 1 atom stereocenters. The molecule has 0 radical (unpaired) electrons. The number of carbonyl (C=O) groups is 2. The predicted octanol–water partition coefficient (Wildman–Crippen LogP) is 4.11. The monoisotopic (exact) mass is 491 g/mol. The van der Waals surface area contributed by atoms with Gasteiger partial charge in [-0.3, -0.25) is 14.5 Å². The molecular formula is C22H22ClN3O4S2. The number of anilines is 1. The second-order valence-corrected chi connectivity index (χ2v) is 10.2. The highest BCUT2D eigenvalue weighted by atomic mass is 35.5. The van der Waals surface area contributed by atoms with Crippen molar-refractivity contribution in [3.05, 3.63) is 71.8 Å². The zero-order chi connectivity index (χ0) is 23.3. The van der Waals surface area contributed by atoms with Crippen LogP contribution < -0.4 is 5.32 Å². The average molecular weight is 492 g/mol. The summed E-state index contributed by atoms with van der Waals surface area (Å²) in [6.07, 6.45) is 2.13. The molecule has 0 spiro atoms. The van der Waals surface area contributed by atoms with Gasteiger partial charge in [0.1, 0.15) is 5.25 Å². The summed E-state index contributed by atoms with van der Waals surface area (Å²) in [5.41, 5.74) is 1.55. The minimum atomic E-state index is -4.02. The van der Waals surface area contributed by atoms with Crippen molar-refractivity contribution in [1.29, 1.82) is 0 Å². The van der Waals surface area contributed by atoms with Crippen molar-refractivity contribution in [2.45, 2.75) is 29.9 Å². The molecule has 2 aromatic rings. The smallest absolute Gasteiger partial charge is 0.284 e. The summed E-state index contributed by atoms with van der Waals surface area (Å²) in [4.78, 5) is 26.5. The van der Waals surface area contributed by atoms with E-state index in [2.05, 4.69) is 16.3 Å². The third-order valence-electron chi connectivity index (χ3n) is 4.66. The Labute approximate surface area is 196 Å². The maximum atomic E-state index is 12.8. The van der Waals surface area contributed by atoms with Crippen LogP contribution in [0.5, 0.6) is 0 Å². The van der Waals surface area contributed by atoms with Crippen LogP contribution in [0.3, 0.4) is 0 Å².